The van der Waals surface area contributed by atoms with E-state index in [-0.39, 0.29) is 11.3 Å². The molecule has 3 aliphatic carbocycles. The topological polar surface area (TPSA) is 55.1 Å². The van der Waals surface area contributed by atoms with Gasteiger partial charge >= 0.3 is 0 Å². The number of carbonyl (C=O) groups excluding carboxylic acids is 1. The van der Waals surface area contributed by atoms with Gasteiger partial charge in [-0.2, -0.15) is 0 Å². The highest BCUT2D eigenvalue weighted by molar-refractivity contribution is 5.83. The van der Waals surface area contributed by atoms with Crippen molar-refractivity contribution in [2.75, 3.05) is 6.54 Å². The molecular formula is C17H30N2O. The van der Waals surface area contributed by atoms with E-state index in [2.05, 4.69) is 19.2 Å². The first-order chi connectivity index (χ1) is 9.66. The molecule has 3 nitrogen and oxygen atoms in total. The Morgan fingerprint density at radius 3 is 2.15 bits per heavy atom. The lowest BCUT2D eigenvalue weighted by atomic mass is 9.78. The summed E-state index contributed by atoms with van der Waals surface area (Å²) in [5.41, 5.74) is 5.69. The van der Waals surface area contributed by atoms with Crippen LogP contribution in [0.4, 0.5) is 0 Å². The molecule has 4 atom stereocenters. The van der Waals surface area contributed by atoms with Gasteiger partial charge in [-0.1, -0.05) is 26.7 Å². The Kier molecular flexibility index (Phi) is 3.83. The van der Waals surface area contributed by atoms with Gasteiger partial charge in [-0.25, -0.2) is 0 Å². The second-order valence-corrected chi connectivity index (χ2v) is 7.47. The highest BCUT2D eigenvalue weighted by Gasteiger charge is 2.65. The number of fused-ring (bicyclic) bond motifs is 5. The second kappa shape index (κ2) is 5.32. The van der Waals surface area contributed by atoms with Gasteiger partial charge in [0, 0.05) is 12.6 Å². The average molecular weight is 278 g/mol. The molecule has 2 bridgehead atoms. The smallest absolute Gasteiger partial charge is 0.227 e. The van der Waals surface area contributed by atoms with Crippen molar-refractivity contribution in [3.8, 4) is 0 Å². The number of hydrogen-bond acceptors (Lipinski definition) is 2. The Labute approximate surface area is 123 Å². The molecule has 3 rings (SSSR count). The lowest BCUT2D eigenvalue weighted by Crippen LogP contribution is -2.47. The number of carbonyl (C=O) groups is 1. The first-order valence-corrected chi connectivity index (χ1v) is 8.68. The van der Waals surface area contributed by atoms with Crippen molar-refractivity contribution < 1.29 is 4.79 Å². The summed E-state index contributed by atoms with van der Waals surface area (Å²) in [6, 6.07) is 0.494. The Hall–Kier alpha value is -0.570. The molecule has 114 valence electrons. The number of nitrogens with two attached hydrogens (primary N) is 1. The van der Waals surface area contributed by atoms with Crippen molar-refractivity contribution in [2.24, 2.45) is 34.8 Å². The third kappa shape index (κ3) is 2.09. The largest absolute Gasteiger partial charge is 0.352 e. The molecule has 3 N–H and O–H groups in total. The number of hydrogen-bond donors (Lipinski definition) is 2. The van der Waals surface area contributed by atoms with Gasteiger partial charge in [0.25, 0.3) is 0 Å². The predicted molar refractivity (Wildman–Crippen MR) is 81.0 cm³/mol. The van der Waals surface area contributed by atoms with Crippen molar-refractivity contribution in [3.63, 3.8) is 0 Å². The molecule has 0 aromatic carbocycles. The summed E-state index contributed by atoms with van der Waals surface area (Å²) in [5, 5.41) is 3.40. The zero-order chi connectivity index (χ0) is 14.3. The SMILES string of the molecule is CCCC(CN)(CCC)C(=O)NC1C2C3CCC(C3)C12. The molecular weight excluding hydrogens is 248 g/mol. The third-order valence-corrected chi connectivity index (χ3v) is 6.36. The summed E-state index contributed by atoms with van der Waals surface area (Å²) in [6.45, 7) is 4.80. The fourth-order valence-electron chi connectivity index (χ4n) is 5.43. The molecule has 4 unspecified atom stereocenters. The molecule has 1 amide bonds. The lowest BCUT2D eigenvalue weighted by Gasteiger charge is -2.31. The van der Waals surface area contributed by atoms with Crippen molar-refractivity contribution in [1.82, 2.24) is 5.32 Å². The number of amides is 1. The quantitative estimate of drug-likeness (QED) is 0.752. The molecule has 0 aromatic heterocycles. The molecule has 0 aliphatic heterocycles. The fourth-order valence-corrected chi connectivity index (χ4v) is 5.43. The Balaban J connectivity index is 1.63. The molecule has 0 spiro atoms. The maximum Gasteiger partial charge on any atom is 0.227 e. The van der Waals surface area contributed by atoms with E-state index in [0.717, 1.165) is 49.4 Å². The number of nitrogens with one attached hydrogen (secondary N) is 1. The first-order valence-electron chi connectivity index (χ1n) is 8.68. The van der Waals surface area contributed by atoms with Gasteiger partial charge in [-0.05, 0) is 55.8 Å². The molecule has 0 radical (unpaired) electrons. The van der Waals surface area contributed by atoms with E-state index in [0.29, 0.717) is 12.6 Å². The van der Waals surface area contributed by atoms with Gasteiger partial charge in [0.15, 0.2) is 0 Å². The fraction of sp³-hybridized carbons (Fsp3) is 0.941. The van der Waals surface area contributed by atoms with E-state index < -0.39 is 0 Å². The summed E-state index contributed by atoms with van der Waals surface area (Å²) in [6.07, 6.45) is 8.18. The highest BCUT2D eigenvalue weighted by Crippen LogP contribution is 2.65. The Morgan fingerprint density at radius 2 is 1.70 bits per heavy atom. The van der Waals surface area contributed by atoms with Crippen LogP contribution >= 0.6 is 0 Å². The predicted octanol–water partition coefficient (Wildman–Crippen LogP) is 2.69. The molecule has 0 heterocycles. The maximum absolute atomic E-state index is 12.8. The van der Waals surface area contributed by atoms with E-state index >= 15 is 0 Å². The van der Waals surface area contributed by atoms with Crippen LogP contribution in [-0.2, 0) is 4.79 Å². The molecule has 20 heavy (non-hydrogen) atoms. The zero-order valence-corrected chi connectivity index (χ0v) is 13.0. The molecule has 0 aromatic rings. The minimum atomic E-state index is -0.306. The van der Waals surface area contributed by atoms with Crippen LogP contribution in [0.1, 0.15) is 58.8 Å². The monoisotopic (exact) mass is 278 g/mol. The van der Waals surface area contributed by atoms with Crippen LogP contribution in [0.25, 0.3) is 0 Å². The van der Waals surface area contributed by atoms with Crippen LogP contribution in [0.15, 0.2) is 0 Å². The van der Waals surface area contributed by atoms with Gasteiger partial charge in [0.05, 0.1) is 5.41 Å². The summed E-state index contributed by atoms with van der Waals surface area (Å²) in [5.74, 6) is 3.72. The normalized spacial score (nSPS) is 37.9. The summed E-state index contributed by atoms with van der Waals surface area (Å²) in [7, 11) is 0. The third-order valence-electron chi connectivity index (χ3n) is 6.36. The molecule has 3 saturated carbocycles. The molecule has 3 fully saturated rings. The Bertz CT molecular complexity index is 359. The first kappa shape index (κ1) is 14.4. The summed E-state index contributed by atoms with van der Waals surface area (Å²) in [4.78, 5) is 12.8. The van der Waals surface area contributed by atoms with E-state index in [1.54, 1.807) is 0 Å². The lowest BCUT2D eigenvalue weighted by molar-refractivity contribution is -0.131. The molecule has 0 saturated heterocycles. The van der Waals surface area contributed by atoms with Crippen LogP contribution in [0.2, 0.25) is 0 Å². The van der Waals surface area contributed by atoms with Gasteiger partial charge < -0.3 is 11.1 Å². The van der Waals surface area contributed by atoms with E-state index in [1.165, 1.54) is 19.3 Å². The maximum atomic E-state index is 12.8. The van der Waals surface area contributed by atoms with Crippen molar-refractivity contribution in [3.05, 3.63) is 0 Å². The van der Waals surface area contributed by atoms with Crippen LogP contribution in [0, 0.1) is 29.1 Å². The minimum absolute atomic E-state index is 0.252. The average Bonchev–Trinajstić information content (AvgIpc) is 2.85. The van der Waals surface area contributed by atoms with Crippen LogP contribution in [-0.4, -0.2) is 18.5 Å². The van der Waals surface area contributed by atoms with Crippen LogP contribution in [0.3, 0.4) is 0 Å². The van der Waals surface area contributed by atoms with Gasteiger partial charge in [0.2, 0.25) is 5.91 Å². The van der Waals surface area contributed by atoms with Crippen molar-refractivity contribution >= 4 is 5.91 Å². The van der Waals surface area contributed by atoms with Crippen LogP contribution < -0.4 is 11.1 Å². The minimum Gasteiger partial charge on any atom is -0.352 e. The molecule has 3 aliphatic rings. The number of rotatable bonds is 7. The van der Waals surface area contributed by atoms with Gasteiger partial charge in [0.1, 0.15) is 0 Å². The standard InChI is InChI=1S/C17H30N2O/c1-3-7-17(10-18,8-4-2)16(20)19-15-13-11-5-6-12(9-11)14(13)15/h11-15H,3-10,18H2,1-2H3,(H,19,20). The zero-order valence-electron chi connectivity index (χ0n) is 13.0. The van der Waals surface area contributed by atoms with E-state index in [4.69, 9.17) is 5.73 Å². The highest BCUT2D eigenvalue weighted by atomic mass is 16.2. The van der Waals surface area contributed by atoms with Gasteiger partial charge in [-0.3, -0.25) is 4.79 Å². The van der Waals surface area contributed by atoms with Gasteiger partial charge in [-0.15, -0.1) is 0 Å². The van der Waals surface area contributed by atoms with Crippen LogP contribution in [0.5, 0.6) is 0 Å². The Morgan fingerprint density at radius 1 is 1.15 bits per heavy atom. The van der Waals surface area contributed by atoms with Crippen molar-refractivity contribution in [2.45, 2.75) is 64.8 Å². The molecule has 3 heteroatoms. The van der Waals surface area contributed by atoms with E-state index in [9.17, 15) is 4.79 Å². The second-order valence-electron chi connectivity index (χ2n) is 7.47. The summed E-state index contributed by atoms with van der Waals surface area (Å²) >= 11 is 0. The van der Waals surface area contributed by atoms with Crippen molar-refractivity contribution in [1.29, 1.82) is 0 Å². The summed E-state index contributed by atoms with van der Waals surface area (Å²) < 4.78 is 0. The van der Waals surface area contributed by atoms with E-state index in [1.807, 2.05) is 0 Å².